The first kappa shape index (κ1) is 10.1. The summed E-state index contributed by atoms with van der Waals surface area (Å²) < 4.78 is 0. The molecule has 78 valence electrons. The molecule has 1 heterocycles. The second-order valence-corrected chi connectivity index (χ2v) is 4.45. The van der Waals surface area contributed by atoms with Gasteiger partial charge in [0, 0.05) is 6.20 Å². The quantitative estimate of drug-likeness (QED) is 0.744. The molecular weight excluding hydrogens is 184 g/mol. The molecule has 0 aliphatic carbocycles. The summed E-state index contributed by atoms with van der Waals surface area (Å²) in [5.74, 6) is 0.627. The van der Waals surface area contributed by atoms with E-state index >= 15 is 0 Å². The smallest absolute Gasteiger partial charge is 0.0890 e. The lowest BCUT2D eigenvalue weighted by Gasteiger charge is -2.05. The van der Waals surface area contributed by atoms with Crippen molar-refractivity contribution >= 4 is 11.0 Å². The summed E-state index contributed by atoms with van der Waals surface area (Å²) >= 11 is 0. The Morgan fingerprint density at radius 3 is 2.73 bits per heavy atom. The molecule has 2 heteroatoms. The Morgan fingerprint density at radius 2 is 2.00 bits per heavy atom. The molecule has 2 rings (SSSR count). The molecule has 1 aromatic heterocycles. The summed E-state index contributed by atoms with van der Waals surface area (Å²) in [4.78, 5) is 9.03. The van der Waals surface area contributed by atoms with E-state index in [4.69, 9.17) is 0 Å². The van der Waals surface area contributed by atoms with Crippen molar-refractivity contribution in [3.63, 3.8) is 0 Å². The van der Waals surface area contributed by atoms with E-state index in [1.54, 1.807) is 0 Å². The van der Waals surface area contributed by atoms with Crippen LogP contribution in [-0.4, -0.2) is 9.97 Å². The van der Waals surface area contributed by atoms with Crippen LogP contribution in [0.1, 0.15) is 25.1 Å². The van der Waals surface area contributed by atoms with Gasteiger partial charge in [0.25, 0.3) is 0 Å². The molecular formula is C13H16N2. The van der Waals surface area contributed by atoms with E-state index in [1.807, 2.05) is 12.3 Å². The normalized spacial score (nSPS) is 11.2. The Balaban J connectivity index is 2.43. The molecule has 0 N–H and O–H groups in total. The van der Waals surface area contributed by atoms with Crippen molar-refractivity contribution in [1.29, 1.82) is 0 Å². The largest absolute Gasteiger partial charge is 0.253 e. The lowest BCUT2D eigenvalue weighted by Crippen LogP contribution is -1.98. The molecule has 15 heavy (non-hydrogen) atoms. The van der Waals surface area contributed by atoms with Crippen LogP contribution >= 0.6 is 0 Å². The fourth-order valence-electron chi connectivity index (χ4n) is 1.68. The summed E-state index contributed by atoms with van der Waals surface area (Å²) in [5, 5.41) is 0. The molecule has 0 bridgehead atoms. The lowest BCUT2D eigenvalue weighted by molar-refractivity contribution is 0.635. The minimum atomic E-state index is 0.627. The minimum Gasteiger partial charge on any atom is -0.253 e. The number of hydrogen-bond acceptors (Lipinski definition) is 2. The summed E-state index contributed by atoms with van der Waals surface area (Å²) in [6.07, 6.45) is 2.89. The first-order valence-corrected chi connectivity index (χ1v) is 5.37. The Kier molecular flexibility index (Phi) is 2.67. The first-order chi connectivity index (χ1) is 7.15. The topological polar surface area (TPSA) is 25.8 Å². The van der Waals surface area contributed by atoms with Gasteiger partial charge in [0.1, 0.15) is 0 Å². The molecule has 0 fully saturated rings. The zero-order valence-corrected chi connectivity index (χ0v) is 9.49. The number of rotatable bonds is 2. The van der Waals surface area contributed by atoms with E-state index in [0.717, 1.165) is 23.1 Å². The maximum absolute atomic E-state index is 4.59. The third kappa shape index (κ3) is 2.32. The van der Waals surface area contributed by atoms with Crippen LogP contribution in [0.3, 0.4) is 0 Å². The maximum atomic E-state index is 4.59. The van der Waals surface area contributed by atoms with Crippen LogP contribution in [0.15, 0.2) is 24.4 Å². The lowest BCUT2D eigenvalue weighted by atomic mass is 10.1. The fraction of sp³-hybridized carbons (Fsp3) is 0.385. The van der Waals surface area contributed by atoms with E-state index in [-0.39, 0.29) is 0 Å². The van der Waals surface area contributed by atoms with Gasteiger partial charge in [0.2, 0.25) is 0 Å². The summed E-state index contributed by atoms with van der Waals surface area (Å²) in [5.41, 5.74) is 4.30. The average molecular weight is 200 g/mol. The van der Waals surface area contributed by atoms with Crippen LogP contribution in [0.5, 0.6) is 0 Å². The van der Waals surface area contributed by atoms with E-state index in [1.165, 1.54) is 5.56 Å². The van der Waals surface area contributed by atoms with Gasteiger partial charge in [0.15, 0.2) is 0 Å². The van der Waals surface area contributed by atoms with Crippen molar-refractivity contribution in [2.45, 2.75) is 27.2 Å². The molecule has 0 saturated carbocycles. The van der Waals surface area contributed by atoms with Gasteiger partial charge in [-0.3, -0.25) is 4.98 Å². The zero-order valence-electron chi connectivity index (χ0n) is 9.49. The highest BCUT2D eigenvalue weighted by Gasteiger charge is 2.02. The molecule has 0 radical (unpaired) electrons. The van der Waals surface area contributed by atoms with Crippen molar-refractivity contribution in [2.24, 2.45) is 5.92 Å². The number of nitrogens with zero attached hydrogens (tertiary/aromatic N) is 2. The van der Waals surface area contributed by atoms with Gasteiger partial charge in [0.05, 0.1) is 16.7 Å². The maximum Gasteiger partial charge on any atom is 0.0890 e. The van der Waals surface area contributed by atoms with Gasteiger partial charge < -0.3 is 0 Å². The molecule has 1 aromatic carbocycles. The van der Waals surface area contributed by atoms with Crippen LogP contribution in [0.25, 0.3) is 11.0 Å². The van der Waals surface area contributed by atoms with Crippen molar-refractivity contribution in [2.75, 3.05) is 0 Å². The summed E-state index contributed by atoms with van der Waals surface area (Å²) in [6.45, 7) is 6.46. The van der Waals surface area contributed by atoms with Crippen LogP contribution in [0.4, 0.5) is 0 Å². The second-order valence-electron chi connectivity index (χ2n) is 4.45. The second kappa shape index (κ2) is 3.97. The predicted molar refractivity (Wildman–Crippen MR) is 62.8 cm³/mol. The third-order valence-electron chi connectivity index (χ3n) is 2.37. The fourth-order valence-corrected chi connectivity index (χ4v) is 1.68. The average Bonchev–Trinajstić information content (AvgIpc) is 2.17. The number of fused-ring (bicyclic) bond motifs is 1. The Hall–Kier alpha value is -1.44. The molecule has 0 aliphatic rings. The van der Waals surface area contributed by atoms with Crippen molar-refractivity contribution < 1.29 is 0 Å². The van der Waals surface area contributed by atoms with Crippen molar-refractivity contribution in [3.05, 3.63) is 35.7 Å². The van der Waals surface area contributed by atoms with Gasteiger partial charge in [-0.15, -0.1) is 0 Å². The van der Waals surface area contributed by atoms with Gasteiger partial charge >= 0.3 is 0 Å². The van der Waals surface area contributed by atoms with Gasteiger partial charge in [-0.1, -0.05) is 19.9 Å². The highest BCUT2D eigenvalue weighted by molar-refractivity contribution is 5.74. The molecule has 0 atom stereocenters. The molecule has 0 saturated heterocycles. The predicted octanol–water partition coefficient (Wildman–Crippen LogP) is 3.14. The molecule has 0 amide bonds. The van der Waals surface area contributed by atoms with Crippen LogP contribution in [0, 0.1) is 12.8 Å². The number of hydrogen-bond donors (Lipinski definition) is 0. The van der Waals surface area contributed by atoms with E-state index in [2.05, 4.69) is 42.9 Å². The Labute approximate surface area is 90.4 Å². The highest BCUT2D eigenvalue weighted by atomic mass is 14.8. The molecule has 2 nitrogen and oxygen atoms in total. The van der Waals surface area contributed by atoms with Crippen molar-refractivity contribution in [1.82, 2.24) is 9.97 Å². The van der Waals surface area contributed by atoms with Gasteiger partial charge in [-0.05, 0) is 37.0 Å². The first-order valence-electron chi connectivity index (χ1n) is 5.37. The number of aryl methyl sites for hydroxylation is 1. The molecule has 2 aromatic rings. The van der Waals surface area contributed by atoms with E-state index < -0.39 is 0 Å². The zero-order chi connectivity index (χ0) is 10.8. The van der Waals surface area contributed by atoms with E-state index in [0.29, 0.717) is 5.92 Å². The van der Waals surface area contributed by atoms with Crippen LogP contribution in [-0.2, 0) is 6.42 Å². The van der Waals surface area contributed by atoms with Crippen molar-refractivity contribution in [3.8, 4) is 0 Å². The summed E-state index contributed by atoms with van der Waals surface area (Å²) in [7, 11) is 0. The van der Waals surface area contributed by atoms with E-state index in [9.17, 15) is 0 Å². The monoisotopic (exact) mass is 200 g/mol. The number of aromatic nitrogens is 2. The van der Waals surface area contributed by atoms with Crippen LogP contribution < -0.4 is 0 Å². The standard InChI is InChI=1S/C13H16N2/c1-9(2)6-11-8-14-13-7-10(3)4-5-12(13)15-11/h4-5,7-9H,6H2,1-3H3. The minimum absolute atomic E-state index is 0.627. The molecule has 0 unspecified atom stereocenters. The third-order valence-corrected chi connectivity index (χ3v) is 2.37. The molecule has 0 spiro atoms. The van der Waals surface area contributed by atoms with Gasteiger partial charge in [-0.2, -0.15) is 0 Å². The Morgan fingerprint density at radius 1 is 1.20 bits per heavy atom. The summed E-state index contributed by atoms with van der Waals surface area (Å²) in [6, 6.07) is 6.19. The SMILES string of the molecule is Cc1ccc2nc(CC(C)C)cnc2c1. The van der Waals surface area contributed by atoms with Crippen LogP contribution in [0.2, 0.25) is 0 Å². The molecule has 0 aliphatic heterocycles. The van der Waals surface area contributed by atoms with Gasteiger partial charge in [-0.25, -0.2) is 4.98 Å². The number of benzene rings is 1. The Bertz CT molecular complexity index is 475. The highest BCUT2D eigenvalue weighted by Crippen LogP contribution is 2.13.